The van der Waals surface area contributed by atoms with Gasteiger partial charge in [-0.25, -0.2) is 0 Å². The van der Waals surface area contributed by atoms with Gasteiger partial charge in [-0.2, -0.15) is 0 Å². The summed E-state index contributed by atoms with van der Waals surface area (Å²) in [5.41, 5.74) is 4.08. The van der Waals surface area contributed by atoms with Crippen LogP contribution in [0.3, 0.4) is 0 Å². The van der Waals surface area contributed by atoms with Gasteiger partial charge in [0, 0.05) is 38.3 Å². The van der Waals surface area contributed by atoms with Gasteiger partial charge in [-0.15, -0.1) is 0 Å². The number of anilines is 1. The van der Waals surface area contributed by atoms with Gasteiger partial charge in [0.05, 0.1) is 12.1 Å². The predicted octanol–water partition coefficient (Wildman–Crippen LogP) is 1.30. The van der Waals surface area contributed by atoms with Crippen molar-refractivity contribution >= 4 is 17.5 Å². The van der Waals surface area contributed by atoms with E-state index in [1.54, 1.807) is 0 Å². The summed E-state index contributed by atoms with van der Waals surface area (Å²) in [6.45, 7) is 7.52. The van der Waals surface area contributed by atoms with Crippen LogP contribution in [0.2, 0.25) is 0 Å². The third-order valence-corrected chi connectivity index (χ3v) is 5.36. The van der Waals surface area contributed by atoms with Crippen molar-refractivity contribution in [3.8, 4) is 0 Å². The summed E-state index contributed by atoms with van der Waals surface area (Å²) >= 11 is 0. The van der Waals surface area contributed by atoms with Crippen LogP contribution < -0.4 is 4.90 Å². The minimum Gasteiger partial charge on any atom is -0.336 e. The van der Waals surface area contributed by atoms with Crippen LogP contribution in [0.4, 0.5) is 5.69 Å². The van der Waals surface area contributed by atoms with Gasteiger partial charge in [-0.1, -0.05) is 6.92 Å². The van der Waals surface area contributed by atoms with Crippen molar-refractivity contribution in [3.63, 3.8) is 0 Å². The number of carbonyl (C=O) groups is 2. The molecule has 1 fully saturated rings. The Kier molecular flexibility index (Phi) is 3.60. The Balaban J connectivity index is 1.60. The molecule has 3 aliphatic heterocycles. The van der Waals surface area contributed by atoms with Crippen LogP contribution in [0, 0.1) is 0 Å². The van der Waals surface area contributed by atoms with Gasteiger partial charge in [-0.3, -0.25) is 9.59 Å². The van der Waals surface area contributed by atoms with Gasteiger partial charge in [0.25, 0.3) is 5.91 Å². The average Bonchev–Trinajstić information content (AvgIpc) is 2.92. The number of rotatable bonds is 2. The lowest BCUT2D eigenvalue weighted by molar-refractivity contribution is -0.117. The minimum atomic E-state index is 0.122. The molecule has 0 aliphatic carbocycles. The first-order chi connectivity index (χ1) is 11.2. The van der Waals surface area contributed by atoms with Crippen molar-refractivity contribution in [2.45, 2.75) is 26.2 Å². The van der Waals surface area contributed by atoms with Crippen LogP contribution in [0.25, 0.3) is 0 Å². The Morgan fingerprint density at radius 3 is 2.57 bits per heavy atom. The lowest BCUT2D eigenvalue weighted by Crippen LogP contribution is -2.48. The van der Waals surface area contributed by atoms with Crippen LogP contribution in [0.5, 0.6) is 0 Å². The smallest absolute Gasteiger partial charge is 0.253 e. The first-order valence-electron chi connectivity index (χ1n) is 8.65. The SMILES string of the molecule is CCN1CCN(C(=O)c2cc3c4c(c2)CC(=O)N4CCC3)CC1. The van der Waals surface area contributed by atoms with Crippen LogP contribution in [0.1, 0.15) is 34.8 Å². The molecule has 0 bridgehead atoms. The fraction of sp³-hybridized carbons (Fsp3) is 0.556. The van der Waals surface area contributed by atoms with E-state index in [2.05, 4.69) is 11.8 Å². The van der Waals surface area contributed by atoms with Gasteiger partial charge in [0.2, 0.25) is 5.91 Å². The number of carbonyl (C=O) groups excluding carboxylic acids is 2. The van der Waals surface area contributed by atoms with Crippen molar-refractivity contribution in [1.82, 2.24) is 9.80 Å². The zero-order chi connectivity index (χ0) is 16.0. The Hall–Kier alpha value is -1.88. The number of hydrogen-bond acceptors (Lipinski definition) is 3. The summed E-state index contributed by atoms with van der Waals surface area (Å²) < 4.78 is 0. The molecule has 122 valence electrons. The second-order valence-corrected chi connectivity index (χ2v) is 6.70. The Labute approximate surface area is 136 Å². The van der Waals surface area contributed by atoms with Crippen molar-refractivity contribution in [1.29, 1.82) is 0 Å². The van der Waals surface area contributed by atoms with E-state index in [1.807, 2.05) is 21.9 Å². The van der Waals surface area contributed by atoms with Gasteiger partial charge in [-0.05, 0) is 42.6 Å². The third-order valence-electron chi connectivity index (χ3n) is 5.36. The highest BCUT2D eigenvalue weighted by molar-refractivity contribution is 6.04. The van der Waals surface area contributed by atoms with Crippen molar-refractivity contribution in [2.24, 2.45) is 0 Å². The highest BCUT2D eigenvalue weighted by Crippen LogP contribution is 2.37. The maximum Gasteiger partial charge on any atom is 0.253 e. The normalized spacial score (nSPS) is 20.8. The molecule has 4 rings (SSSR count). The molecular weight excluding hydrogens is 290 g/mol. The minimum absolute atomic E-state index is 0.122. The van der Waals surface area contributed by atoms with Crippen molar-refractivity contribution < 1.29 is 9.59 Å². The molecule has 23 heavy (non-hydrogen) atoms. The van der Waals surface area contributed by atoms with Crippen LogP contribution in [-0.2, 0) is 17.6 Å². The first-order valence-corrected chi connectivity index (χ1v) is 8.65. The fourth-order valence-electron chi connectivity index (χ4n) is 4.05. The van der Waals surface area contributed by atoms with Gasteiger partial charge in [0.1, 0.15) is 0 Å². The van der Waals surface area contributed by atoms with E-state index in [0.29, 0.717) is 6.42 Å². The van der Waals surface area contributed by atoms with E-state index in [0.717, 1.165) is 68.9 Å². The molecule has 0 aromatic heterocycles. The third kappa shape index (κ3) is 2.43. The molecule has 0 atom stereocenters. The molecule has 3 heterocycles. The number of likely N-dealkylation sites (N-methyl/N-ethyl adjacent to an activating group) is 1. The lowest BCUT2D eigenvalue weighted by Gasteiger charge is -2.34. The summed E-state index contributed by atoms with van der Waals surface area (Å²) in [6.07, 6.45) is 2.41. The van der Waals surface area contributed by atoms with E-state index >= 15 is 0 Å². The molecule has 1 aromatic carbocycles. The molecule has 2 amide bonds. The summed E-state index contributed by atoms with van der Waals surface area (Å²) in [6, 6.07) is 3.98. The van der Waals surface area contributed by atoms with E-state index in [9.17, 15) is 9.59 Å². The second kappa shape index (κ2) is 5.64. The molecule has 0 unspecified atom stereocenters. The number of nitrogens with zero attached hydrogens (tertiary/aromatic N) is 3. The zero-order valence-corrected chi connectivity index (χ0v) is 13.7. The molecule has 1 aromatic rings. The van der Waals surface area contributed by atoms with E-state index < -0.39 is 0 Å². The summed E-state index contributed by atoms with van der Waals surface area (Å²) in [5.74, 6) is 0.304. The predicted molar refractivity (Wildman–Crippen MR) is 88.8 cm³/mol. The van der Waals surface area contributed by atoms with Crippen molar-refractivity contribution in [2.75, 3.05) is 44.2 Å². The molecule has 0 saturated carbocycles. The molecule has 0 spiro atoms. The molecule has 1 saturated heterocycles. The van der Waals surface area contributed by atoms with Gasteiger partial charge in [0.15, 0.2) is 0 Å². The summed E-state index contributed by atoms with van der Waals surface area (Å²) in [7, 11) is 0. The maximum atomic E-state index is 12.9. The zero-order valence-electron chi connectivity index (χ0n) is 13.7. The average molecular weight is 313 g/mol. The number of amides is 2. The van der Waals surface area contributed by atoms with Crippen molar-refractivity contribution in [3.05, 3.63) is 28.8 Å². The highest BCUT2D eigenvalue weighted by atomic mass is 16.2. The summed E-state index contributed by atoms with van der Waals surface area (Å²) in [4.78, 5) is 31.2. The van der Waals surface area contributed by atoms with Gasteiger partial charge < -0.3 is 14.7 Å². The quantitative estimate of drug-likeness (QED) is 0.827. The lowest BCUT2D eigenvalue weighted by atomic mass is 9.96. The van der Waals surface area contributed by atoms with E-state index in [-0.39, 0.29) is 11.8 Å². The molecule has 5 heteroatoms. The van der Waals surface area contributed by atoms with E-state index in [1.165, 1.54) is 5.56 Å². The number of hydrogen-bond donors (Lipinski definition) is 0. The van der Waals surface area contributed by atoms with Crippen LogP contribution in [-0.4, -0.2) is 60.9 Å². The van der Waals surface area contributed by atoms with E-state index in [4.69, 9.17) is 0 Å². The Morgan fingerprint density at radius 1 is 1.09 bits per heavy atom. The molecule has 0 radical (unpaired) electrons. The molecule has 5 nitrogen and oxygen atoms in total. The fourth-order valence-corrected chi connectivity index (χ4v) is 4.05. The molecule has 3 aliphatic rings. The number of aryl methyl sites for hydroxylation is 1. The number of benzene rings is 1. The molecule has 0 N–H and O–H groups in total. The highest BCUT2D eigenvalue weighted by Gasteiger charge is 2.33. The number of piperazine rings is 1. The Bertz CT molecular complexity index is 662. The molecular formula is C18H23N3O2. The first kappa shape index (κ1) is 14.7. The second-order valence-electron chi connectivity index (χ2n) is 6.70. The van der Waals surface area contributed by atoms with Crippen LogP contribution in [0.15, 0.2) is 12.1 Å². The largest absolute Gasteiger partial charge is 0.336 e. The van der Waals surface area contributed by atoms with Crippen LogP contribution >= 0.6 is 0 Å². The summed E-state index contributed by atoms with van der Waals surface area (Å²) in [5, 5.41) is 0. The van der Waals surface area contributed by atoms with Gasteiger partial charge >= 0.3 is 0 Å². The maximum absolute atomic E-state index is 12.9. The topological polar surface area (TPSA) is 43.9 Å². The standard InChI is InChI=1S/C18H23N3O2/c1-2-19-6-8-20(9-7-19)18(23)15-10-13-4-3-5-21-16(22)12-14(11-15)17(13)21/h10-11H,2-9,12H2,1H3. The Morgan fingerprint density at radius 2 is 1.83 bits per heavy atom. The monoisotopic (exact) mass is 313 g/mol.